The molecule has 1 aliphatic rings. The number of aliphatic imine (C=N–C) groups is 1. The van der Waals surface area contributed by atoms with Gasteiger partial charge in [0.1, 0.15) is 17.3 Å². The summed E-state index contributed by atoms with van der Waals surface area (Å²) in [5.41, 5.74) is 2.46. The van der Waals surface area contributed by atoms with Gasteiger partial charge in [-0.2, -0.15) is 0 Å². The van der Waals surface area contributed by atoms with Crippen molar-refractivity contribution >= 4 is 29.9 Å². The van der Waals surface area contributed by atoms with E-state index in [1.165, 1.54) is 18.4 Å². The minimum absolute atomic E-state index is 0. The van der Waals surface area contributed by atoms with Crippen molar-refractivity contribution in [2.75, 3.05) is 33.8 Å². The summed E-state index contributed by atoms with van der Waals surface area (Å²) in [6.45, 7) is 7.73. The van der Waals surface area contributed by atoms with Crippen molar-refractivity contribution in [3.63, 3.8) is 0 Å². The maximum absolute atomic E-state index is 5.61. The number of rotatable bonds is 7. The number of aryl methyl sites for hydroxylation is 2. The van der Waals surface area contributed by atoms with E-state index >= 15 is 0 Å². The van der Waals surface area contributed by atoms with Crippen LogP contribution in [-0.4, -0.2) is 44.7 Å². The molecule has 0 bridgehead atoms. The number of methoxy groups -OCH3 is 1. The minimum Gasteiger partial charge on any atom is -0.497 e. The number of nitrogens with zero attached hydrogens (tertiary/aromatic N) is 2. The largest absolute Gasteiger partial charge is 0.497 e. The molecule has 1 fully saturated rings. The predicted molar refractivity (Wildman–Crippen MR) is 128 cm³/mol. The number of furan rings is 1. The Labute approximate surface area is 191 Å². The smallest absolute Gasteiger partial charge is 0.191 e. The van der Waals surface area contributed by atoms with Crippen LogP contribution in [0.1, 0.15) is 41.5 Å². The van der Waals surface area contributed by atoms with Gasteiger partial charge in [0.15, 0.2) is 5.96 Å². The molecular formula is C22H33IN4O2. The number of nitrogens with one attached hydrogen (secondary N) is 2. The summed E-state index contributed by atoms with van der Waals surface area (Å²) in [7, 11) is 3.51. The number of hydrogen-bond acceptors (Lipinski definition) is 4. The van der Waals surface area contributed by atoms with Crippen molar-refractivity contribution in [2.45, 2.75) is 39.3 Å². The van der Waals surface area contributed by atoms with Crippen LogP contribution in [-0.2, 0) is 6.54 Å². The lowest BCUT2D eigenvalue weighted by molar-refractivity contribution is 0.245. The van der Waals surface area contributed by atoms with Gasteiger partial charge in [0, 0.05) is 25.7 Å². The van der Waals surface area contributed by atoms with Gasteiger partial charge in [-0.1, -0.05) is 12.1 Å². The molecular weight excluding hydrogens is 479 g/mol. The molecule has 0 amide bonds. The Morgan fingerprint density at radius 2 is 1.86 bits per heavy atom. The van der Waals surface area contributed by atoms with E-state index in [0.29, 0.717) is 12.6 Å². The standard InChI is InChI=1S/C22H32N4O2.HI/c1-16-13-19(17(2)28-16)14-24-22(23-3)25-15-21(26-11-5-6-12-26)18-7-9-20(27-4)10-8-18;/h7-10,13,21H,5-6,11-12,14-15H2,1-4H3,(H2,23,24,25);1H. The Morgan fingerprint density at radius 3 is 2.41 bits per heavy atom. The van der Waals surface area contributed by atoms with Crippen LogP contribution >= 0.6 is 24.0 Å². The van der Waals surface area contributed by atoms with E-state index in [4.69, 9.17) is 9.15 Å². The Hall–Kier alpha value is -1.74. The molecule has 1 saturated heterocycles. The highest BCUT2D eigenvalue weighted by Gasteiger charge is 2.23. The Morgan fingerprint density at radius 1 is 1.17 bits per heavy atom. The topological polar surface area (TPSA) is 62.0 Å². The summed E-state index contributed by atoms with van der Waals surface area (Å²) in [4.78, 5) is 6.93. The maximum atomic E-state index is 5.61. The molecule has 0 radical (unpaired) electrons. The first-order valence-corrected chi connectivity index (χ1v) is 9.99. The van der Waals surface area contributed by atoms with Crippen LogP contribution in [0.25, 0.3) is 0 Å². The van der Waals surface area contributed by atoms with Gasteiger partial charge < -0.3 is 19.8 Å². The highest BCUT2D eigenvalue weighted by molar-refractivity contribution is 14.0. The van der Waals surface area contributed by atoms with E-state index < -0.39 is 0 Å². The SMILES string of the molecule is CN=C(NCc1cc(C)oc1C)NCC(c1ccc(OC)cc1)N1CCCC1.I. The zero-order valence-electron chi connectivity index (χ0n) is 17.8. The van der Waals surface area contributed by atoms with Crippen molar-refractivity contribution in [3.05, 3.63) is 53.0 Å². The zero-order chi connectivity index (χ0) is 19.9. The fraction of sp³-hybridized carbons (Fsp3) is 0.500. The highest BCUT2D eigenvalue weighted by atomic mass is 127. The Kier molecular flexibility index (Phi) is 9.29. The highest BCUT2D eigenvalue weighted by Crippen LogP contribution is 2.26. The van der Waals surface area contributed by atoms with Gasteiger partial charge in [-0.25, -0.2) is 0 Å². The van der Waals surface area contributed by atoms with E-state index in [1.807, 2.05) is 26.0 Å². The molecule has 2 heterocycles. The molecule has 2 N–H and O–H groups in total. The maximum Gasteiger partial charge on any atom is 0.191 e. The molecule has 160 valence electrons. The van der Waals surface area contributed by atoms with Crippen LogP contribution in [0.5, 0.6) is 5.75 Å². The number of halogens is 1. The molecule has 0 aliphatic carbocycles. The first-order valence-electron chi connectivity index (χ1n) is 9.99. The fourth-order valence-electron chi connectivity index (χ4n) is 3.79. The monoisotopic (exact) mass is 512 g/mol. The lowest BCUT2D eigenvalue weighted by Gasteiger charge is -2.29. The Balaban J connectivity index is 0.00000300. The molecule has 2 aromatic rings. The summed E-state index contributed by atoms with van der Waals surface area (Å²) in [6.07, 6.45) is 2.53. The molecule has 3 rings (SSSR count). The fourth-order valence-corrected chi connectivity index (χ4v) is 3.79. The van der Waals surface area contributed by atoms with Crippen LogP contribution in [0.4, 0.5) is 0 Å². The molecule has 6 nitrogen and oxygen atoms in total. The first-order chi connectivity index (χ1) is 13.6. The van der Waals surface area contributed by atoms with Crippen molar-refractivity contribution in [1.29, 1.82) is 0 Å². The van der Waals surface area contributed by atoms with Crippen molar-refractivity contribution in [2.24, 2.45) is 4.99 Å². The summed E-state index contributed by atoms with van der Waals surface area (Å²) < 4.78 is 10.9. The quantitative estimate of drug-likeness (QED) is 0.334. The molecule has 1 unspecified atom stereocenters. The third kappa shape index (κ3) is 6.37. The van der Waals surface area contributed by atoms with E-state index in [2.05, 4.69) is 38.7 Å². The molecule has 1 aromatic heterocycles. The Bertz CT molecular complexity index is 783. The van der Waals surface area contributed by atoms with Gasteiger partial charge in [-0.3, -0.25) is 9.89 Å². The third-order valence-electron chi connectivity index (χ3n) is 5.36. The summed E-state index contributed by atoms with van der Waals surface area (Å²) in [5.74, 6) is 3.58. The van der Waals surface area contributed by atoms with E-state index in [1.54, 1.807) is 14.2 Å². The van der Waals surface area contributed by atoms with Gasteiger partial charge in [0.25, 0.3) is 0 Å². The van der Waals surface area contributed by atoms with Crippen molar-refractivity contribution in [3.8, 4) is 5.75 Å². The molecule has 0 saturated carbocycles. The van der Waals surface area contributed by atoms with E-state index in [9.17, 15) is 0 Å². The number of benzene rings is 1. The van der Waals surface area contributed by atoms with E-state index in [-0.39, 0.29) is 24.0 Å². The number of ether oxygens (including phenoxy) is 1. The second-order valence-corrected chi connectivity index (χ2v) is 7.28. The van der Waals surface area contributed by atoms with Crippen LogP contribution < -0.4 is 15.4 Å². The molecule has 29 heavy (non-hydrogen) atoms. The normalized spacial score (nSPS) is 15.7. The molecule has 1 aromatic carbocycles. The molecule has 7 heteroatoms. The lowest BCUT2D eigenvalue weighted by atomic mass is 10.1. The third-order valence-corrected chi connectivity index (χ3v) is 5.36. The number of guanidine groups is 1. The molecule has 1 aliphatic heterocycles. The molecule has 1 atom stereocenters. The minimum atomic E-state index is 0. The van der Waals surface area contributed by atoms with Gasteiger partial charge in [0.05, 0.1) is 13.2 Å². The zero-order valence-corrected chi connectivity index (χ0v) is 20.2. The van der Waals surface area contributed by atoms with Gasteiger partial charge in [-0.05, 0) is 63.5 Å². The summed E-state index contributed by atoms with van der Waals surface area (Å²) in [6, 6.07) is 10.8. The summed E-state index contributed by atoms with van der Waals surface area (Å²) >= 11 is 0. The van der Waals surface area contributed by atoms with Crippen LogP contribution in [0.3, 0.4) is 0 Å². The average molecular weight is 512 g/mol. The number of likely N-dealkylation sites (tertiary alicyclic amines) is 1. The first kappa shape index (κ1) is 23.5. The lowest BCUT2D eigenvalue weighted by Crippen LogP contribution is -2.42. The predicted octanol–water partition coefficient (Wildman–Crippen LogP) is 4.03. The molecule has 0 spiro atoms. The van der Waals surface area contributed by atoms with Crippen LogP contribution in [0, 0.1) is 13.8 Å². The second-order valence-electron chi connectivity index (χ2n) is 7.28. The van der Waals surface area contributed by atoms with E-state index in [0.717, 1.165) is 48.4 Å². The van der Waals surface area contributed by atoms with Crippen LogP contribution in [0.2, 0.25) is 0 Å². The summed E-state index contributed by atoms with van der Waals surface area (Å²) in [5, 5.41) is 6.90. The van der Waals surface area contributed by atoms with Gasteiger partial charge >= 0.3 is 0 Å². The number of hydrogen-bond donors (Lipinski definition) is 2. The van der Waals surface area contributed by atoms with Gasteiger partial charge in [-0.15, -0.1) is 24.0 Å². The van der Waals surface area contributed by atoms with Crippen molar-refractivity contribution in [1.82, 2.24) is 15.5 Å². The van der Waals surface area contributed by atoms with Gasteiger partial charge in [0.2, 0.25) is 0 Å². The van der Waals surface area contributed by atoms with Crippen LogP contribution in [0.15, 0.2) is 39.7 Å². The average Bonchev–Trinajstić information content (AvgIpc) is 3.34. The van der Waals surface area contributed by atoms with Crippen molar-refractivity contribution < 1.29 is 9.15 Å². The second kappa shape index (κ2) is 11.4.